The number of carbonyl (C=O) groups is 1. The third-order valence-electron chi connectivity index (χ3n) is 6.01. The SMILES string of the molecule is CCC(C)Cc1ccc(-c2ccc(-c3cc(C(=O)O)c4cc(C)ccc4n3)cc2F)cc1. The zero-order valence-electron chi connectivity index (χ0n) is 18.5. The molecule has 1 N–H and O–H groups in total. The number of carboxylic acids is 1. The molecule has 4 rings (SSSR count). The average Bonchev–Trinajstić information content (AvgIpc) is 2.78. The average molecular weight is 428 g/mol. The summed E-state index contributed by atoms with van der Waals surface area (Å²) in [6.45, 7) is 6.31. The summed E-state index contributed by atoms with van der Waals surface area (Å²) in [4.78, 5) is 16.4. The van der Waals surface area contributed by atoms with Gasteiger partial charge in [0.05, 0.1) is 16.8 Å². The van der Waals surface area contributed by atoms with Crippen molar-refractivity contribution in [1.82, 2.24) is 4.98 Å². The molecule has 32 heavy (non-hydrogen) atoms. The number of benzene rings is 3. The van der Waals surface area contributed by atoms with Crippen LogP contribution in [0.5, 0.6) is 0 Å². The normalized spacial score (nSPS) is 12.1. The maximum Gasteiger partial charge on any atom is 0.336 e. The molecule has 3 nitrogen and oxygen atoms in total. The first-order valence-corrected chi connectivity index (χ1v) is 10.9. The second-order valence-corrected chi connectivity index (χ2v) is 8.49. The highest BCUT2D eigenvalue weighted by molar-refractivity contribution is 6.04. The van der Waals surface area contributed by atoms with Crippen molar-refractivity contribution in [2.75, 3.05) is 0 Å². The number of fused-ring (bicyclic) bond motifs is 1. The van der Waals surface area contributed by atoms with Crippen LogP contribution in [0.2, 0.25) is 0 Å². The second-order valence-electron chi connectivity index (χ2n) is 8.49. The molecule has 0 aliphatic rings. The van der Waals surface area contributed by atoms with Crippen LogP contribution < -0.4 is 0 Å². The largest absolute Gasteiger partial charge is 0.478 e. The third-order valence-corrected chi connectivity index (χ3v) is 6.01. The van der Waals surface area contributed by atoms with E-state index in [0.717, 1.165) is 24.0 Å². The highest BCUT2D eigenvalue weighted by Crippen LogP contribution is 2.30. The van der Waals surface area contributed by atoms with E-state index in [0.29, 0.717) is 33.6 Å². The molecule has 4 heteroatoms. The number of aryl methyl sites for hydroxylation is 1. The van der Waals surface area contributed by atoms with Crippen molar-refractivity contribution in [2.45, 2.75) is 33.6 Å². The summed E-state index contributed by atoms with van der Waals surface area (Å²) in [5.41, 5.74) is 5.26. The molecule has 0 saturated heterocycles. The molecule has 1 unspecified atom stereocenters. The van der Waals surface area contributed by atoms with Crippen LogP contribution in [0.25, 0.3) is 33.3 Å². The number of pyridine rings is 1. The van der Waals surface area contributed by atoms with Gasteiger partial charge in [-0.3, -0.25) is 0 Å². The molecule has 162 valence electrons. The van der Waals surface area contributed by atoms with Gasteiger partial charge in [-0.15, -0.1) is 0 Å². The van der Waals surface area contributed by atoms with Crippen LogP contribution >= 0.6 is 0 Å². The molecule has 1 atom stereocenters. The van der Waals surface area contributed by atoms with E-state index >= 15 is 4.39 Å². The Morgan fingerprint density at radius 3 is 2.38 bits per heavy atom. The predicted molar refractivity (Wildman–Crippen MR) is 127 cm³/mol. The van der Waals surface area contributed by atoms with Crippen molar-refractivity contribution < 1.29 is 14.3 Å². The fourth-order valence-electron chi connectivity index (χ4n) is 3.94. The predicted octanol–water partition coefficient (Wildman–Crippen LogP) is 7.30. The van der Waals surface area contributed by atoms with Crippen molar-refractivity contribution in [3.63, 3.8) is 0 Å². The maximum absolute atomic E-state index is 15.1. The van der Waals surface area contributed by atoms with E-state index in [9.17, 15) is 9.90 Å². The van der Waals surface area contributed by atoms with E-state index in [2.05, 4.69) is 31.0 Å². The Labute approximate surface area is 187 Å². The van der Waals surface area contributed by atoms with Crippen LogP contribution in [0.3, 0.4) is 0 Å². The number of carboxylic acid groups (broad SMARTS) is 1. The molecule has 0 radical (unpaired) electrons. The van der Waals surface area contributed by atoms with Gasteiger partial charge < -0.3 is 5.11 Å². The lowest BCUT2D eigenvalue weighted by atomic mass is 9.96. The summed E-state index contributed by atoms with van der Waals surface area (Å²) in [6, 6.07) is 20.0. The summed E-state index contributed by atoms with van der Waals surface area (Å²) in [7, 11) is 0. The first kappa shape index (κ1) is 21.7. The van der Waals surface area contributed by atoms with Crippen LogP contribution in [-0.2, 0) is 6.42 Å². The van der Waals surface area contributed by atoms with Gasteiger partial charge in [0.1, 0.15) is 5.82 Å². The van der Waals surface area contributed by atoms with Crippen LogP contribution in [-0.4, -0.2) is 16.1 Å². The van der Waals surface area contributed by atoms with E-state index in [1.165, 1.54) is 17.7 Å². The topological polar surface area (TPSA) is 50.2 Å². The van der Waals surface area contributed by atoms with Crippen molar-refractivity contribution in [2.24, 2.45) is 5.92 Å². The van der Waals surface area contributed by atoms with E-state index in [-0.39, 0.29) is 11.4 Å². The van der Waals surface area contributed by atoms with Crippen molar-refractivity contribution in [1.29, 1.82) is 0 Å². The fourth-order valence-corrected chi connectivity index (χ4v) is 3.94. The smallest absolute Gasteiger partial charge is 0.336 e. The lowest BCUT2D eigenvalue weighted by Gasteiger charge is -2.11. The van der Waals surface area contributed by atoms with Crippen molar-refractivity contribution in [3.8, 4) is 22.4 Å². The van der Waals surface area contributed by atoms with Gasteiger partial charge in [-0.05, 0) is 54.7 Å². The van der Waals surface area contributed by atoms with E-state index in [1.807, 2.05) is 31.2 Å². The quantitative estimate of drug-likeness (QED) is 0.351. The lowest BCUT2D eigenvalue weighted by Crippen LogP contribution is -2.01. The summed E-state index contributed by atoms with van der Waals surface area (Å²) in [5, 5.41) is 10.3. The molecular weight excluding hydrogens is 401 g/mol. The Balaban J connectivity index is 1.70. The Kier molecular flexibility index (Phi) is 6.04. The molecule has 0 fully saturated rings. The molecule has 1 heterocycles. The Morgan fingerprint density at radius 2 is 1.72 bits per heavy atom. The third kappa shape index (κ3) is 4.40. The minimum atomic E-state index is -1.03. The van der Waals surface area contributed by atoms with Crippen LogP contribution in [0.15, 0.2) is 66.7 Å². The van der Waals surface area contributed by atoms with Gasteiger partial charge in [0, 0.05) is 16.5 Å². The minimum Gasteiger partial charge on any atom is -0.478 e. The van der Waals surface area contributed by atoms with Crippen LogP contribution in [0, 0.1) is 18.7 Å². The highest BCUT2D eigenvalue weighted by atomic mass is 19.1. The van der Waals surface area contributed by atoms with Gasteiger partial charge in [-0.25, -0.2) is 14.2 Å². The fraction of sp³-hybridized carbons (Fsp3) is 0.214. The standard InChI is InChI=1S/C28H26FNO2/c1-4-17(2)13-19-6-8-20(9-7-19)22-11-10-21(15-25(22)29)27-16-24(28(31)32)23-14-18(3)5-12-26(23)30-27/h5-12,14-17H,4,13H2,1-3H3,(H,31,32). The van der Waals surface area contributed by atoms with Gasteiger partial charge in [-0.2, -0.15) is 0 Å². The van der Waals surface area contributed by atoms with Gasteiger partial charge in [0.25, 0.3) is 0 Å². The summed E-state index contributed by atoms with van der Waals surface area (Å²) >= 11 is 0. The molecule has 0 aliphatic heterocycles. The van der Waals surface area contributed by atoms with Crippen LogP contribution in [0.4, 0.5) is 4.39 Å². The number of nitrogens with zero attached hydrogens (tertiary/aromatic N) is 1. The van der Waals surface area contributed by atoms with E-state index < -0.39 is 5.97 Å². The number of hydrogen-bond acceptors (Lipinski definition) is 2. The van der Waals surface area contributed by atoms with E-state index in [4.69, 9.17) is 0 Å². The van der Waals surface area contributed by atoms with E-state index in [1.54, 1.807) is 18.2 Å². The molecule has 0 bridgehead atoms. The van der Waals surface area contributed by atoms with Gasteiger partial charge in [-0.1, -0.05) is 68.3 Å². The van der Waals surface area contributed by atoms with Crippen LogP contribution in [0.1, 0.15) is 41.8 Å². The maximum atomic E-state index is 15.1. The lowest BCUT2D eigenvalue weighted by molar-refractivity contribution is 0.0699. The molecule has 3 aromatic carbocycles. The number of aromatic nitrogens is 1. The Hall–Kier alpha value is -3.53. The van der Waals surface area contributed by atoms with Crippen molar-refractivity contribution >= 4 is 16.9 Å². The van der Waals surface area contributed by atoms with Crippen molar-refractivity contribution in [3.05, 3.63) is 89.2 Å². The van der Waals surface area contributed by atoms with Gasteiger partial charge in [0.2, 0.25) is 0 Å². The number of halogens is 1. The molecule has 4 aromatic rings. The molecule has 0 aliphatic carbocycles. The molecular formula is C28H26FNO2. The zero-order chi connectivity index (χ0) is 22.8. The highest BCUT2D eigenvalue weighted by Gasteiger charge is 2.15. The van der Waals surface area contributed by atoms with Gasteiger partial charge in [0.15, 0.2) is 0 Å². The minimum absolute atomic E-state index is 0.162. The first-order valence-electron chi connectivity index (χ1n) is 10.9. The monoisotopic (exact) mass is 427 g/mol. The number of hydrogen-bond donors (Lipinski definition) is 1. The summed E-state index contributed by atoms with van der Waals surface area (Å²) < 4.78 is 15.1. The molecule has 0 spiro atoms. The second kappa shape index (κ2) is 8.91. The first-order chi connectivity index (χ1) is 15.4. The number of aromatic carboxylic acids is 1. The number of rotatable bonds is 6. The molecule has 0 amide bonds. The zero-order valence-corrected chi connectivity index (χ0v) is 18.5. The Bertz CT molecular complexity index is 1300. The molecule has 1 aromatic heterocycles. The Morgan fingerprint density at radius 1 is 1.00 bits per heavy atom. The molecule has 0 saturated carbocycles. The van der Waals surface area contributed by atoms with Gasteiger partial charge >= 0.3 is 5.97 Å². The summed E-state index contributed by atoms with van der Waals surface area (Å²) in [5.74, 6) is -0.774. The summed E-state index contributed by atoms with van der Waals surface area (Å²) in [6.07, 6.45) is 2.14.